The fraction of sp³-hybridized carbons (Fsp3) is 0.348. The molecule has 6 heterocycles. The average Bonchev–Trinajstić information content (AvgIpc) is 1.78. The normalized spacial score (nSPS) is 16.2. The number of carbonyl (C=O) groups excluding carboxylic acids is 3. The molecule has 9 aromatic rings. The molecule has 3 aliphatic rings. The van der Waals surface area contributed by atoms with Crippen LogP contribution in [0, 0.1) is 17.5 Å². The van der Waals surface area contributed by atoms with Gasteiger partial charge < -0.3 is 73.4 Å². The molecule has 0 aliphatic carbocycles. The van der Waals surface area contributed by atoms with E-state index in [9.17, 15) is 42.9 Å². The number of carbonyl (C=O) groups is 3. The van der Waals surface area contributed by atoms with Crippen LogP contribution in [0.2, 0.25) is 30.1 Å². The first-order valence-electron chi connectivity index (χ1n) is 31.1. The van der Waals surface area contributed by atoms with Crippen LogP contribution in [0.3, 0.4) is 0 Å². The predicted octanol–water partition coefficient (Wildman–Crippen LogP) is 13.5. The minimum atomic E-state index is -0.720. The van der Waals surface area contributed by atoms with E-state index in [0.717, 1.165) is 94.0 Å². The molecule has 27 heteroatoms. The summed E-state index contributed by atoms with van der Waals surface area (Å²) in [5.41, 5.74) is 1.85. The molecule has 3 amide bonds. The summed E-state index contributed by atoms with van der Waals surface area (Å²) in [5.74, 6) is -0.695. The Bertz CT molecular complexity index is 3710. The maximum atomic E-state index is 13.5. The molecule has 0 spiro atoms. The number of halogens is 9. The molecule has 1 unspecified atom stereocenters. The molecule has 0 bridgehead atoms. The smallest absolute Gasteiger partial charge is 0.287 e. The highest BCUT2D eigenvalue weighted by molar-refractivity contribution is 6.32. The number of hydrogen-bond acceptors (Lipinski definition) is 15. The van der Waals surface area contributed by atoms with Crippen molar-refractivity contribution in [1.82, 2.24) is 30.7 Å². The minimum absolute atomic E-state index is 0.0255. The van der Waals surface area contributed by atoms with Gasteiger partial charge in [0.25, 0.3) is 17.7 Å². The third kappa shape index (κ3) is 20.8. The van der Waals surface area contributed by atoms with Crippen molar-refractivity contribution in [3.8, 4) is 17.2 Å². The van der Waals surface area contributed by atoms with Crippen LogP contribution < -0.4 is 30.2 Å². The van der Waals surface area contributed by atoms with Crippen LogP contribution in [0.15, 0.2) is 141 Å². The maximum absolute atomic E-state index is 13.5. The largest absolute Gasteiger partial charge is 0.491 e. The number of nitrogens with zero attached hydrogens (tertiary/aromatic N) is 3. The topological polar surface area (TPSA) is 225 Å². The van der Waals surface area contributed by atoms with Gasteiger partial charge in [-0.25, -0.2) is 13.2 Å². The number of aliphatic hydroxyl groups excluding tert-OH is 3. The van der Waals surface area contributed by atoms with E-state index in [1.54, 1.807) is 91.0 Å². The monoisotopic (exact) mass is 1440 g/mol. The summed E-state index contributed by atoms with van der Waals surface area (Å²) in [4.78, 5) is 44.0. The SMILES string of the molecule is O=C(NC1CCN(CC(O)COc2ccc(Cl)c(F)c2)CC1)c1cc2cc(Cl)ccc2o1.O=C(NC1CCN(C[C@@H](O)COc2ccc(Cl)c(F)c2)CC1)c1cc2cc(Cl)ccc2o1.O=C(NC1CCN(C[C@H](O)COc2ccc(Cl)c(F)c2)CC1)c1cc2cc(Cl)ccc2o1. The Morgan fingerprint density at radius 1 is 0.406 bits per heavy atom. The summed E-state index contributed by atoms with van der Waals surface area (Å²) in [6.45, 7) is 5.82. The van der Waals surface area contributed by atoms with Gasteiger partial charge in [0.15, 0.2) is 17.3 Å². The molecule has 96 heavy (non-hydrogen) atoms. The van der Waals surface area contributed by atoms with Crippen LogP contribution >= 0.6 is 69.6 Å². The van der Waals surface area contributed by atoms with Crippen LogP contribution in [-0.2, 0) is 0 Å². The number of ether oxygens (including phenoxy) is 3. The van der Waals surface area contributed by atoms with Crippen molar-refractivity contribution in [3.63, 3.8) is 0 Å². The summed E-state index contributed by atoms with van der Waals surface area (Å²) in [6.07, 6.45) is 2.39. The number of amides is 3. The quantitative estimate of drug-likeness (QED) is 0.0393. The number of furan rings is 3. The number of benzene rings is 6. The summed E-state index contributed by atoms with van der Waals surface area (Å²) >= 11 is 34.9. The van der Waals surface area contributed by atoms with Gasteiger partial charge in [-0.2, -0.15) is 0 Å². The Labute approximate surface area is 580 Å². The van der Waals surface area contributed by atoms with Gasteiger partial charge in [0.1, 0.15) is 89.6 Å². The first-order chi connectivity index (χ1) is 46.1. The Hall–Kier alpha value is -6.96. The number of hydrogen-bond donors (Lipinski definition) is 6. The molecule has 3 aromatic heterocycles. The number of fused-ring (bicyclic) bond motifs is 3. The fourth-order valence-corrected chi connectivity index (χ4v) is 12.2. The molecule has 3 fully saturated rings. The highest BCUT2D eigenvalue weighted by Gasteiger charge is 2.28. The van der Waals surface area contributed by atoms with Crippen molar-refractivity contribution in [2.24, 2.45) is 0 Å². The van der Waals surface area contributed by atoms with E-state index in [-0.39, 0.29) is 88.0 Å². The van der Waals surface area contributed by atoms with Gasteiger partial charge in [-0.05, 0) is 148 Å². The lowest BCUT2D eigenvalue weighted by molar-refractivity contribution is 0.0565. The number of piperidine rings is 3. The lowest BCUT2D eigenvalue weighted by atomic mass is 10.0. The first-order valence-corrected chi connectivity index (χ1v) is 33.3. The second kappa shape index (κ2) is 34.0. The van der Waals surface area contributed by atoms with Gasteiger partial charge in [-0.15, -0.1) is 0 Å². The zero-order valence-electron chi connectivity index (χ0n) is 51.6. The van der Waals surface area contributed by atoms with Crippen LogP contribution in [-0.4, -0.2) is 163 Å². The predicted molar refractivity (Wildman–Crippen MR) is 363 cm³/mol. The lowest BCUT2D eigenvalue weighted by Gasteiger charge is -2.33. The van der Waals surface area contributed by atoms with Crippen molar-refractivity contribution in [1.29, 1.82) is 0 Å². The van der Waals surface area contributed by atoms with E-state index in [1.165, 1.54) is 36.4 Å². The summed E-state index contributed by atoms with van der Waals surface area (Å²) in [5, 5.41) is 44.0. The zero-order valence-corrected chi connectivity index (χ0v) is 56.1. The van der Waals surface area contributed by atoms with Gasteiger partial charge in [0.05, 0.1) is 15.1 Å². The third-order valence-corrected chi connectivity index (χ3v) is 17.9. The zero-order chi connectivity index (χ0) is 68.0. The molecular weight excluding hydrogens is 1370 g/mol. The highest BCUT2D eigenvalue weighted by atomic mass is 35.5. The summed E-state index contributed by atoms with van der Waals surface area (Å²) in [6, 6.07) is 33.3. The average molecular weight is 1440 g/mol. The van der Waals surface area contributed by atoms with Crippen molar-refractivity contribution in [2.45, 2.75) is 75.0 Å². The number of likely N-dealkylation sites (tertiary alicyclic amines) is 3. The molecule has 510 valence electrons. The van der Waals surface area contributed by atoms with Crippen molar-refractivity contribution < 1.29 is 70.3 Å². The molecule has 6 N–H and O–H groups in total. The molecule has 3 saturated heterocycles. The Morgan fingerprint density at radius 2 is 0.667 bits per heavy atom. The van der Waals surface area contributed by atoms with Crippen molar-refractivity contribution in [2.75, 3.05) is 78.7 Å². The second-order valence-electron chi connectivity index (χ2n) is 23.6. The van der Waals surface area contributed by atoms with Gasteiger partial charge in [-0.3, -0.25) is 14.4 Å². The number of nitrogens with one attached hydrogen (secondary N) is 3. The van der Waals surface area contributed by atoms with Gasteiger partial charge in [-0.1, -0.05) is 69.6 Å². The van der Waals surface area contributed by atoms with Crippen LogP contribution in [0.5, 0.6) is 17.2 Å². The van der Waals surface area contributed by atoms with E-state index in [2.05, 4.69) is 30.7 Å². The van der Waals surface area contributed by atoms with E-state index in [1.807, 2.05) is 0 Å². The van der Waals surface area contributed by atoms with E-state index < -0.39 is 35.8 Å². The summed E-state index contributed by atoms with van der Waals surface area (Å²) in [7, 11) is 0. The van der Waals surface area contributed by atoms with Gasteiger partial charge >= 0.3 is 0 Å². The number of rotatable bonds is 21. The van der Waals surface area contributed by atoms with Gasteiger partial charge in [0, 0.05) is 126 Å². The molecule has 6 aromatic carbocycles. The Morgan fingerprint density at radius 3 is 0.917 bits per heavy atom. The second-order valence-corrected chi connectivity index (χ2v) is 26.2. The molecule has 3 atom stereocenters. The van der Waals surface area contributed by atoms with Crippen LogP contribution in [0.4, 0.5) is 13.2 Å². The molecule has 18 nitrogen and oxygen atoms in total. The highest BCUT2D eigenvalue weighted by Crippen LogP contribution is 2.29. The summed E-state index contributed by atoms with van der Waals surface area (Å²) < 4.78 is 73.6. The lowest BCUT2D eigenvalue weighted by Crippen LogP contribution is -2.47. The van der Waals surface area contributed by atoms with Crippen molar-refractivity contribution in [3.05, 3.63) is 192 Å². The van der Waals surface area contributed by atoms with Gasteiger partial charge in [0.2, 0.25) is 0 Å². The molecule has 0 saturated carbocycles. The third-order valence-electron chi connectivity index (χ3n) is 16.3. The van der Waals surface area contributed by atoms with E-state index in [0.29, 0.717) is 68.7 Å². The molecule has 3 aliphatic heterocycles. The van der Waals surface area contributed by atoms with E-state index in [4.69, 9.17) is 97.1 Å². The van der Waals surface area contributed by atoms with Crippen LogP contribution in [0.25, 0.3) is 32.9 Å². The maximum Gasteiger partial charge on any atom is 0.287 e. The molecule has 0 radical (unpaired) electrons. The molecular formula is C69H69Cl6F3N6O12. The number of β-amino-alcohol motifs (C(OH)–C–C–N with tert-alkyl or cyclic N) is 3. The minimum Gasteiger partial charge on any atom is -0.491 e. The number of aliphatic hydroxyl groups is 3. The Balaban J connectivity index is 0.000000157. The fourth-order valence-electron chi connectivity index (χ4n) is 11.3. The Kier molecular flexibility index (Phi) is 25.4. The van der Waals surface area contributed by atoms with E-state index >= 15 is 0 Å². The standard InChI is InChI=1S/3C23H23Cl2FN2O4/c3*24-15-1-4-21-14(9-15)10-22(32-21)23(30)27-16-5-7-28(8-6-16)12-17(29)13-31-18-2-3-19(25)20(26)11-18/h3*1-4,9-11,16-17,29H,5-8,12-13H2,(H,27,30)/t2*17-;/m10./s1. The molecule has 12 rings (SSSR count). The van der Waals surface area contributed by atoms with Crippen molar-refractivity contribution >= 4 is 120 Å². The first kappa shape index (κ1) is 71.8. The van der Waals surface area contributed by atoms with Crippen LogP contribution in [0.1, 0.15) is 70.2 Å².